The summed E-state index contributed by atoms with van der Waals surface area (Å²) in [6.45, 7) is 3.09. The average Bonchev–Trinajstić information content (AvgIpc) is 2.88. The number of carbonyl (C=O) groups is 1. The minimum Gasteiger partial charge on any atom is -0.457 e. The summed E-state index contributed by atoms with van der Waals surface area (Å²) in [7, 11) is 0. The van der Waals surface area contributed by atoms with E-state index in [9.17, 15) is 9.18 Å². The Morgan fingerprint density at radius 3 is 2.54 bits per heavy atom. The van der Waals surface area contributed by atoms with Crippen molar-refractivity contribution in [1.82, 2.24) is 4.90 Å². The van der Waals surface area contributed by atoms with Gasteiger partial charge in [-0.25, -0.2) is 4.39 Å². The number of nitrogen functional groups attached to an aromatic ring is 1. The van der Waals surface area contributed by atoms with E-state index in [-0.39, 0.29) is 11.9 Å². The Morgan fingerprint density at radius 2 is 1.80 bits per heavy atom. The number of ether oxygens (including phenoxy) is 1. The van der Waals surface area contributed by atoms with Crippen molar-refractivity contribution in [3.63, 3.8) is 0 Å². The summed E-state index contributed by atoms with van der Waals surface area (Å²) in [6.07, 6.45) is 6.44. The zero-order valence-corrected chi connectivity index (χ0v) is 20.3. The summed E-state index contributed by atoms with van der Waals surface area (Å²) in [6, 6.07) is 19.7. The Balaban J connectivity index is 1.48. The van der Waals surface area contributed by atoms with Crippen molar-refractivity contribution in [1.29, 1.82) is 0 Å². The Morgan fingerprint density at radius 1 is 1.03 bits per heavy atom. The van der Waals surface area contributed by atoms with Crippen molar-refractivity contribution in [3.8, 4) is 11.5 Å². The third-order valence-corrected chi connectivity index (χ3v) is 6.43. The number of rotatable bonds is 9. The third kappa shape index (κ3) is 6.53. The predicted octanol–water partition coefficient (Wildman–Crippen LogP) is 7.00. The van der Waals surface area contributed by atoms with Crippen LogP contribution in [0, 0.1) is 5.82 Å². The van der Waals surface area contributed by atoms with E-state index in [1.807, 2.05) is 41.3 Å². The molecule has 0 heterocycles. The molecule has 35 heavy (non-hydrogen) atoms. The van der Waals surface area contributed by atoms with Crippen LogP contribution in [0.3, 0.4) is 0 Å². The van der Waals surface area contributed by atoms with Gasteiger partial charge in [-0.15, -0.1) is 0 Å². The molecule has 0 radical (unpaired) electrons. The van der Waals surface area contributed by atoms with Gasteiger partial charge in [-0.2, -0.15) is 0 Å². The van der Waals surface area contributed by atoms with Gasteiger partial charge >= 0.3 is 0 Å². The van der Waals surface area contributed by atoms with E-state index < -0.39 is 5.82 Å². The Labute approximate surface area is 207 Å². The van der Waals surface area contributed by atoms with Crippen molar-refractivity contribution in [2.75, 3.05) is 17.6 Å². The topological polar surface area (TPSA) is 67.6 Å². The lowest BCUT2D eigenvalue weighted by atomic mass is 9.93. The molecule has 0 atom stereocenters. The highest BCUT2D eigenvalue weighted by atomic mass is 19.1. The highest BCUT2D eigenvalue weighted by Crippen LogP contribution is 2.29. The van der Waals surface area contributed by atoms with Crippen molar-refractivity contribution >= 4 is 17.3 Å². The smallest absolute Gasteiger partial charge is 0.254 e. The quantitative estimate of drug-likeness (QED) is 0.327. The van der Waals surface area contributed by atoms with Crippen LogP contribution in [0.5, 0.6) is 11.5 Å². The standard InChI is InChI=1S/C29H34FN3O2/c1-2-15-33(24-9-5-3-6-10-24)29(34)22-16-21(17-23(30)18-22)20-32-28-19-26(13-14-27(28)31)35-25-11-7-4-8-12-25/h4,7-8,11-14,16-19,24,32H,2-3,5-6,9-10,15,20,31H2,1H3. The number of nitrogens with zero attached hydrogens (tertiary/aromatic N) is 1. The number of amides is 1. The number of benzene rings is 3. The van der Waals surface area contributed by atoms with Crippen LogP contribution in [0.15, 0.2) is 66.7 Å². The summed E-state index contributed by atoms with van der Waals surface area (Å²) < 4.78 is 20.4. The molecule has 4 rings (SSSR count). The molecule has 0 spiro atoms. The SMILES string of the molecule is CCCN(C(=O)c1cc(F)cc(CNc2cc(Oc3ccccc3)ccc2N)c1)C1CCCCC1. The minimum absolute atomic E-state index is 0.0859. The summed E-state index contributed by atoms with van der Waals surface area (Å²) in [5.74, 6) is 0.871. The molecule has 3 aromatic carbocycles. The van der Waals surface area contributed by atoms with Gasteiger partial charge in [0.25, 0.3) is 5.91 Å². The van der Waals surface area contributed by atoms with Crippen LogP contribution in [-0.4, -0.2) is 23.4 Å². The molecule has 0 aliphatic heterocycles. The molecular formula is C29H34FN3O2. The summed E-state index contributed by atoms with van der Waals surface area (Å²) >= 11 is 0. The van der Waals surface area contributed by atoms with Gasteiger partial charge in [-0.3, -0.25) is 4.79 Å². The van der Waals surface area contributed by atoms with Gasteiger partial charge in [0, 0.05) is 30.8 Å². The first-order valence-electron chi connectivity index (χ1n) is 12.5. The van der Waals surface area contributed by atoms with Gasteiger partial charge in [-0.1, -0.05) is 44.4 Å². The molecule has 3 aromatic rings. The molecule has 0 saturated heterocycles. The van der Waals surface area contributed by atoms with Gasteiger partial charge in [-0.05, 0) is 67.3 Å². The lowest BCUT2D eigenvalue weighted by Crippen LogP contribution is -2.42. The molecule has 5 nitrogen and oxygen atoms in total. The lowest BCUT2D eigenvalue weighted by molar-refractivity contribution is 0.0633. The number of anilines is 2. The van der Waals surface area contributed by atoms with Crippen LogP contribution < -0.4 is 15.8 Å². The third-order valence-electron chi connectivity index (χ3n) is 6.43. The first-order valence-corrected chi connectivity index (χ1v) is 12.5. The molecule has 184 valence electrons. The Kier molecular flexibility index (Phi) is 8.24. The second-order valence-corrected chi connectivity index (χ2v) is 9.16. The number of nitrogens with one attached hydrogen (secondary N) is 1. The van der Waals surface area contributed by atoms with E-state index in [4.69, 9.17) is 10.5 Å². The summed E-state index contributed by atoms with van der Waals surface area (Å²) in [5.41, 5.74) is 8.48. The van der Waals surface area contributed by atoms with Gasteiger partial charge < -0.3 is 20.7 Å². The van der Waals surface area contributed by atoms with Gasteiger partial charge in [0.2, 0.25) is 0 Å². The molecule has 1 saturated carbocycles. The van der Waals surface area contributed by atoms with Crippen LogP contribution in [0.1, 0.15) is 61.4 Å². The maximum absolute atomic E-state index is 14.5. The van der Waals surface area contributed by atoms with Gasteiger partial charge in [0.15, 0.2) is 0 Å². The van der Waals surface area contributed by atoms with Crippen LogP contribution >= 0.6 is 0 Å². The second kappa shape index (κ2) is 11.7. The molecule has 1 amide bonds. The number of hydrogen-bond donors (Lipinski definition) is 2. The monoisotopic (exact) mass is 475 g/mol. The van der Waals surface area contributed by atoms with E-state index in [1.165, 1.54) is 18.6 Å². The zero-order valence-electron chi connectivity index (χ0n) is 20.3. The molecule has 0 unspecified atom stereocenters. The molecule has 0 aromatic heterocycles. The molecule has 1 fully saturated rings. The first-order chi connectivity index (χ1) is 17.0. The highest BCUT2D eigenvalue weighted by Gasteiger charge is 2.26. The minimum atomic E-state index is -0.415. The molecule has 3 N–H and O–H groups in total. The Bertz CT molecular complexity index is 1130. The second-order valence-electron chi connectivity index (χ2n) is 9.16. The fourth-order valence-electron chi connectivity index (χ4n) is 4.70. The fourth-order valence-corrected chi connectivity index (χ4v) is 4.70. The van der Waals surface area contributed by atoms with Gasteiger partial charge in [0.05, 0.1) is 11.4 Å². The number of halogens is 1. The van der Waals surface area contributed by atoms with Crippen molar-refractivity contribution in [2.24, 2.45) is 0 Å². The Hall–Kier alpha value is -3.54. The van der Waals surface area contributed by atoms with E-state index in [0.717, 1.165) is 37.9 Å². The normalized spacial score (nSPS) is 13.9. The number of para-hydroxylation sites is 1. The lowest BCUT2D eigenvalue weighted by Gasteiger charge is -2.34. The zero-order chi connectivity index (χ0) is 24.6. The molecule has 0 bridgehead atoms. The fraction of sp³-hybridized carbons (Fsp3) is 0.345. The molecule has 1 aliphatic rings. The van der Waals surface area contributed by atoms with Crippen LogP contribution in [0.25, 0.3) is 0 Å². The summed E-state index contributed by atoms with van der Waals surface area (Å²) in [5, 5.41) is 3.27. The molecular weight excluding hydrogens is 441 g/mol. The van der Waals surface area contributed by atoms with Crippen LogP contribution in [-0.2, 0) is 6.54 Å². The maximum atomic E-state index is 14.5. The van der Waals surface area contributed by atoms with E-state index in [1.54, 1.807) is 18.2 Å². The first kappa shape index (κ1) is 24.6. The van der Waals surface area contributed by atoms with E-state index >= 15 is 0 Å². The predicted molar refractivity (Wildman–Crippen MR) is 139 cm³/mol. The molecule has 6 heteroatoms. The van der Waals surface area contributed by atoms with Gasteiger partial charge in [0.1, 0.15) is 17.3 Å². The van der Waals surface area contributed by atoms with E-state index in [2.05, 4.69) is 12.2 Å². The maximum Gasteiger partial charge on any atom is 0.254 e. The largest absolute Gasteiger partial charge is 0.457 e. The number of hydrogen-bond acceptors (Lipinski definition) is 4. The summed E-state index contributed by atoms with van der Waals surface area (Å²) in [4.78, 5) is 15.3. The van der Waals surface area contributed by atoms with Crippen LogP contribution in [0.2, 0.25) is 0 Å². The highest BCUT2D eigenvalue weighted by molar-refractivity contribution is 5.94. The van der Waals surface area contributed by atoms with Crippen molar-refractivity contribution < 1.29 is 13.9 Å². The number of nitrogens with two attached hydrogens (primary N) is 1. The average molecular weight is 476 g/mol. The van der Waals surface area contributed by atoms with Crippen molar-refractivity contribution in [3.05, 3.63) is 83.7 Å². The van der Waals surface area contributed by atoms with Crippen LogP contribution in [0.4, 0.5) is 15.8 Å². The molecule has 1 aliphatic carbocycles. The van der Waals surface area contributed by atoms with E-state index in [0.29, 0.717) is 41.3 Å². The van der Waals surface area contributed by atoms with Crippen molar-refractivity contribution in [2.45, 2.75) is 58.0 Å². The number of carbonyl (C=O) groups excluding carboxylic acids is 1.